The van der Waals surface area contributed by atoms with E-state index in [0.717, 1.165) is 5.56 Å². The molecule has 0 spiro atoms. The van der Waals surface area contributed by atoms with Gasteiger partial charge in [0.25, 0.3) is 5.91 Å². The average Bonchev–Trinajstić information content (AvgIpc) is 3.14. The SMILES string of the molecule is CCOC(=O)c1c(C)oc(NC(=O)/C(=C\c2ccccc2)c2ccccc2)c1C(=O)OCC. The van der Waals surface area contributed by atoms with Crippen LogP contribution >= 0.6 is 0 Å². The zero-order valence-corrected chi connectivity index (χ0v) is 18.7. The van der Waals surface area contributed by atoms with E-state index in [2.05, 4.69) is 5.32 Å². The Bertz CT molecular complexity index is 1160. The van der Waals surface area contributed by atoms with E-state index < -0.39 is 17.8 Å². The van der Waals surface area contributed by atoms with Crippen LogP contribution in [0.25, 0.3) is 11.6 Å². The Morgan fingerprint density at radius 1 is 0.848 bits per heavy atom. The third kappa shape index (κ3) is 5.57. The molecular formula is C26H25NO6. The second-order valence-electron chi connectivity index (χ2n) is 6.97. The van der Waals surface area contributed by atoms with E-state index in [4.69, 9.17) is 13.9 Å². The van der Waals surface area contributed by atoms with Crippen LogP contribution in [0, 0.1) is 6.92 Å². The summed E-state index contributed by atoms with van der Waals surface area (Å²) in [5, 5.41) is 2.64. The van der Waals surface area contributed by atoms with Gasteiger partial charge in [-0.05, 0) is 38.0 Å². The van der Waals surface area contributed by atoms with Crippen LogP contribution in [0.3, 0.4) is 0 Å². The minimum atomic E-state index is -0.791. The molecular weight excluding hydrogens is 422 g/mol. The van der Waals surface area contributed by atoms with E-state index in [1.165, 1.54) is 6.92 Å². The number of amides is 1. The van der Waals surface area contributed by atoms with Gasteiger partial charge in [0.15, 0.2) is 0 Å². The van der Waals surface area contributed by atoms with Crippen molar-refractivity contribution in [2.45, 2.75) is 20.8 Å². The first kappa shape index (κ1) is 23.5. The monoisotopic (exact) mass is 447 g/mol. The highest BCUT2D eigenvalue weighted by atomic mass is 16.5. The third-order valence-electron chi connectivity index (χ3n) is 4.71. The first-order valence-electron chi connectivity index (χ1n) is 10.6. The number of nitrogens with one attached hydrogen (secondary N) is 1. The Morgan fingerprint density at radius 3 is 1.97 bits per heavy atom. The van der Waals surface area contributed by atoms with E-state index in [0.29, 0.717) is 11.1 Å². The maximum Gasteiger partial charge on any atom is 0.344 e. The maximum atomic E-state index is 13.4. The van der Waals surface area contributed by atoms with Crippen LogP contribution in [-0.4, -0.2) is 31.1 Å². The van der Waals surface area contributed by atoms with Crippen molar-refractivity contribution in [2.24, 2.45) is 0 Å². The summed E-state index contributed by atoms with van der Waals surface area (Å²) < 4.78 is 15.8. The number of rotatable bonds is 8. The number of hydrogen-bond donors (Lipinski definition) is 1. The second kappa shape index (κ2) is 10.9. The van der Waals surface area contributed by atoms with E-state index in [-0.39, 0.29) is 36.0 Å². The molecule has 1 heterocycles. The van der Waals surface area contributed by atoms with Crippen molar-refractivity contribution in [3.8, 4) is 0 Å². The number of ether oxygens (including phenoxy) is 2. The largest absolute Gasteiger partial charge is 0.462 e. The molecule has 1 aromatic heterocycles. The summed E-state index contributed by atoms with van der Waals surface area (Å²) in [6, 6.07) is 18.5. The topological polar surface area (TPSA) is 94.8 Å². The molecule has 170 valence electrons. The number of carbonyl (C=O) groups excluding carboxylic acids is 3. The standard InChI is InChI=1S/C26H25NO6/c1-4-31-25(29)21-17(3)33-24(22(21)26(30)32-5-2)27-23(28)20(19-14-10-7-11-15-19)16-18-12-8-6-9-13-18/h6-16H,4-5H2,1-3H3,(H,27,28)/b20-16-. The summed E-state index contributed by atoms with van der Waals surface area (Å²) in [6.07, 6.45) is 1.73. The second-order valence-corrected chi connectivity index (χ2v) is 6.97. The van der Waals surface area contributed by atoms with Crippen LogP contribution < -0.4 is 5.32 Å². The summed E-state index contributed by atoms with van der Waals surface area (Å²) >= 11 is 0. The van der Waals surface area contributed by atoms with Gasteiger partial charge in [0.1, 0.15) is 16.9 Å². The number of hydrogen-bond acceptors (Lipinski definition) is 6. The van der Waals surface area contributed by atoms with Gasteiger partial charge < -0.3 is 13.9 Å². The molecule has 7 nitrogen and oxygen atoms in total. The van der Waals surface area contributed by atoms with Crippen molar-refractivity contribution in [1.82, 2.24) is 0 Å². The van der Waals surface area contributed by atoms with E-state index in [1.807, 2.05) is 48.5 Å². The number of anilines is 1. The highest BCUT2D eigenvalue weighted by Gasteiger charge is 2.31. The molecule has 3 aromatic rings. The van der Waals surface area contributed by atoms with Crippen LogP contribution in [0.15, 0.2) is 65.1 Å². The highest BCUT2D eigenvalue weighted by molar-refractivity contribution is 6.29. The smallest absolute Gasteiger partial charge is 0.344 e. The van der Waals surface area contributed by atoms with Crippen molar-refractivity contribution in [3.05, 3.63) is 88.7 Å². The Balaban J connectivity index is 2.05. The predicted octanol–water partition coefficient (Wildman–Crippen LogP) is 5.12. The van der Waals surface area contributed by atoms with Gasteiger partial charge in [0, 0.05) is 5.57 Å². The molecule has 0 aliphatic rings. The molecule has 7 heteroatoms. The van der Waals surface area contributed by atoms with Gasteiger partial charge in [-0.1, -0.05) is 60.7 Å². The fraction of sp³-hybridized carbons (Fsp3) is 0.192. The molecule has 1 N–H and O–H groups in total. The molecule has 0 saturated carbocycles. The van der Waals surface area contributed by atoms with Gasteiger partial charge >= 0.3 is 11.9 Å². The lowest BCUT2D eigenvalue weighted by atomic mass is 10.0. The summed E-state index contributed by atoms with van der Waals surface area (Å²) in [4.78, 5) is 38.5. The zero-order chi connectivity index (χ0) is 23.8. The lowest BCUT2D eigenvalue weighted by molar-refractivity contribution is -0.111. The number of esters is 2. The molecule has 2 aromatic carbocycles. The van der Waals surface area contributed by atoms with Crippen molar-refractivity contribution < 1.29 is 28.3 Å². The van der Waals surface area contributed by atoms with Gasteiger partial charge in [-0.3, -0.25) is 10.1 Å². The Morgan fingerprint density at radius 2 is 1.39 bits per heavy atom. The molecule has 33 heavy (non-hydrogen) atoms. The third-order valence-corrected chi connectivity index (χ3v) is 4.71. The normalized spacial score (nSPS) is 11.1. The van der Waals surface area contributed by atoms with Crippen LogP contribution in [0.2, 0.25) is 0 Å². The molecule has 1 amide bonds. The Kier molecular flexibility index (Phi) is 7.81. The summed E-state index contributed by atoms with van der Waals surface area (Å²) in [5.74, 6) is -2.07. The molecule has 0 fully saturated rings. The van der Waals surface area contributed by atoms with Crippen molar-refractivity contribution in [1.29, 1.82) is 0 Å². The fourth-order valence-electron chi connectivity index (χ4n) is 3.26. The first-order chi connectivity index (χ1) is 16.0. The average molecular weight is 447 g/mol. The predicted molar refractivity (Wildman–Crippen MR) is 125 cm³/mol. The first-order valence-corrected chi connectivity index (χ1v) is 10.6. The van der Waals surface area contributed by atoms with Gasteiger partial charge in [0.2, 0.25) is 5.88 Å². The van der Waals surface area contributed by atoms with Crippen LogP contribution in [-0.2, 0) is 14.3 Å². The number of furan rings is 1. The fourth-order valence-corrected chi connectivity index (χ4v) is 3.26. The maximum absolute atomic E-state index is 13.4. The number of aryl methyl sites for hydroxylation is 1. The summed E-state index contributed by atoms with van der Waals surface area (Å²) in [6.45, 7) is 5.01. The van der Waals surface area contributed by atoms with Crippen LogP contribution in [0.4, 0.5) is 5.88 Å². The lowest BCUT2D eigenvalue weighted by Crippen LogP contribution is -2.18. The molecule has 0 saturated heterocycles. The molecule has 0 atom stereocenters. The van der Waals surface area contributed by atoms with Gasteiger partial charge in [-0.15, -0.1) is 0 Å². The van der Waals surface area contributed by atoms with E-state index in [1.54, 1.807) is 32.1 Å². The molecule has 0 radical (unpaired) electrons. The molecule has 0 bridgehead atoms. The molecule has 0 aliphatic carbocycles. The summed E-state index contributed by atoms with van der Waals surface area (Å²) in [7, 11) is 0. The van der Waals surface area contributed by atoms with Gasteiger partial charge in [0.05, 0.1) is 13.2 Å². The number of benzene rings is 2. The Hall–Kier alpha value is -4.13. The number of carbonyl (C=O) groups is 3. The van der Waals surface area contributed by atoms with Crippen LogP contribution in [0.5, 0.6) is 0 Å². The van der Waals surface area contributed by atoms with Crippen molar-refractivity contribution in [2.75, 3.05) is 18.5 Å². The molecule has 3 rings (SSSR count). The van der Waals surface area contributed by atoms with Gasteiger partial charge in [-0.2, -0.15) is 0 Å². The van der Waals surface area contributed by atoms with Crippen molar-refractivity contribution >= 4 is 35.4 Å². The highest BCUT2D eigenvalue weighted by Crippen LogP contribution is 2.30. The Labute approximate surface area is 192 Å². The molecule has 0 aliphatic heterocycles. The van der Waals surface area contributed by atoms with Crippen molar-refractivity contribution in [3.63, 3.8) is 0 Å². The minimum absolute atomic E-state index is 0.0705. The minimum Gasteiger partial charge on any atom is -0.462 e. The lowest BCUT2D eigenvalue weighted by Gasteiger charge is -2.10. The zero-order valence-electron chi connectivity index (χ0n) is 18.7. The van der Waals surface area contributed by atoms with E-state index >= 15 is 0 Å². The van der Waals surface area contributed by atoms with E-state index in [9.17, 15) is 14.4 Å². The summed E-state index contributed by atoms with van der Waals surface area (Å²) in [5.41, 5.74) is 1.60. The molecule has 0 unspecified atom stereocenters. The quantitative estimate of drug-likeness (QED) is 0.293. The van der Waals surface area contributed by atoms with Crippen LogP contribution in [0.1, 0.15) is 51.5 Å². The van der Waals surface area contributed by atoms with Gasteiger partial charge in [-0.25, -0.2) is 9.59 Å².